The number of rotatable bonds is 5. The Morgan fingerprint density at radius 2 is 1.81 bits per heavy atom. The van der Waals surface area contributed by atoms with Crippen LogP contribution in [0.1, 0.15) is 11.1 Å². The van der Waals surface area contributed by atoms with E-state index in [-0.39, 0.29) is 11.7 Å². The Kier molecular flexibility index (Phi) is 4.63. The van der Waals surface area contributed by atoms with Crippen LogP contribution in [0.5, 0.6) is 0 Å². The first-order valence-electron chi connectivity index (χ1n) is 8.98. The molecule has 1 aromatic heterocycles. The van der Waals surface area contributed by atoms with Crippen LogP contribution in [0.2, 0.25) is 0 Å². The molecular weight excluding hydrogens is 341 g/mol. The van der Waals surface area contributed by atoms with Crippen molar-refractivity contribution in [1.82, 2.24) is 4.90 Å². The van der Waals surface area contributed by atoms with Crippen LogP contribution in [0, 0.1) is 5.82 Å². The van der Waals surface area contributed by atoms with Crippen LogP contribution in [0.3, 0.4) is 0 Å². The van der Waals surface area contributed by atoms with Gasteiger partial charge in [0.2, 0.25) is 5.91 Å². The summed E-state index contributed by atoms with van der Waals surface area (Å²) in [5, 5.41) is 3.23. The van der Waals surface area contributed by atoms with Gasteiger partial charge < -0.3 is 9.32 Å². The predicted molar refractivity (Wildman–Crippen MR) is 105 cm³/mol. The molecule has 3 nitrogen and oxygen atoms in total. The average molecular weight is 361 g/mol. The van der Waals surface area contributed by atoms with Gasteiger partial charge in [-0.25, -0.2) is 4.39 Å². The molecule has 27 heavy (non-hydrogen) atoms. The summed E-state index contributed by atoms with van der Waals surface area (Å²) in [5.41, 5.74) is 2.71. The number of nitrogens with zero attached hydrogens (tertiary/aromatic N) is 1. The van der Waals surface area contributed by atoms with Gasteiger partial charge in [-0.05, 0) is 41.0 Å². The van der Waals surface area contributed by atoms with E-state index >= 15 is 0 Å². The number of amides is 1. The molecule has 1 heterocycles. The first kappa shape index (κ1) is 17.3. The average Bonchev–Trinajstić information content (AvgIpc) is 3.10. The molecule has 4 rings (SSSR count). The number of fused-ring (bicyclic) bond motifs is 3. The van der Waals surface area contributed by atoms with Crippen LogP contribution in [-0.2, 0) is 17.6 Å². The van der Waals surface area contributed by atoms with Gasteiger partial charge in [0, 0.05) is 24.5 Å². The Morgan fingerprint density at radius 3 is 2.63 bits per heavy atom. The van der Waals surface area contributed by atoms with E-state index in [1.807, 2.05) is 24.3 Å². The fraction of sp³-hybridized carbons (Fsp3) is 0.174. The molecular formula is C23H20FNO2. The number of halogens is 1. The molecule has 3 aromatic carbocycles. The second-order valence-electron chi connectivity index (χ2n) is 6.79. The molecule has 0 saturated carbocycles. The zero-order valence-corrected chi connectivity index (χ0v) is 15.1. The van der Waals surface area contributed by atoms with Crippen molar-refractivity contribution in [2.24, 2.45) is 0 Å². The maximum Gasteiger partial charge on any atom is 0.226 e. The Morgan fingerprint density at radius 1 is 1.04 bits per heavy atom. The molecule has 136 valence electrons. The van der Waals surface area contributed by atoms with Gasteiger partial charge in [0.15, 0.2) is 0 Å². The lowest BCUT2D eigenvalue weighted by Crippen LogP contribution is -2.30. The quantitative estimate of drug-likeness (QED) is 0.503. The normalized spacial score (nSPS) is 11.2. The van der Waals surface area contributed by atoms with Crippen molar-refractivity contribution in [2.75, 3.05) is 13.6 Å². The van der Waals surface area contributed by atoms with Crippen molar-refractivity contribution in [2.45, 2.75) is 12.8 Å². The minimum atomic E-state index is -0.248. The number of carbonyl (C=O) groups is 1. The van der Waals surface area contributed by atoms with Gasteiger partial charge in [0.1, 0.15) is 11.4 Å². The number of hydrogen-bond donors (Lipinski definition) is 0. The minimum Gasteiger partial charge on any atom is -0.464 e. The van der Waals surface area contributed by atoms with Crippen molar-refractivity contribution in [1.29, 1.82) is 0 Å². The molecule has 0 atom stereocenters. The highest BCUT2D eigenvalue weighted by molar-refractivity contribution is 6.08. The summed E-state index contributed by atoms with van der Waals surface area (Å²) in [6, 6.07) is 18.5. The summed E-state index contributed by atoms with van der Waals surface area (Å²) >= 11 is 0. The molecule has 0 aliphatic rings. The molecule has 1 amide bonds. The lowest BCUT2D eigenvalue weighted by Gasteiger charge is -2.17. The summed E-state index contributed by atoms with van der Waals surface area (Å²) in [7, 11) is 1.80. The molecule has 4 aromatic rings. The largest absolute Gasteiger partial charge is 0.464 e. The molecule has 0 aliphatic heterocycles. The second kappa shape index (κ2) is 7.23. The molecule has 0 spiro atoms. The molecule has 0 fully saturated rings. The SMILES string of the molecule is CN(CCc1ccc(F)cc1)C(=O)Cc1coc2ccc3ccccc3c12. The third-order valence-electron chi connectivity index (χ3n) is 4.96. The fourth-order valence-electron chi connectivity index (χ4n) is 3.38. The number of likely N-dealkylation sites (N-methyl/N-ethyl adjacent to an activating group) is 1. The van der Waals surface area contributed by atoms with Crippen LogP contribution in [0.4, 0.5) is 4.39 Å². The van der Waals surface area contributed by atoms with E-state index in [2.05, 4.69) is 12.1 Å². The monoisotopic (exact) mass is 361 g/mol. The predicted octanol–water partition coefficient (Wildman–Crippen LogP) is 4.97. The lowest BCUT2D eigenvalue weighted by atomic mass is 10.0. The Hall–Kier alpha value is -3.14. The molecule has 4 heteroatoms. The summed E-state index contributed by atoms with van der Waals surface area (Å²) in [6.45, 7) is 0.584. The van der Waals surface area contributed by atoms with E-state index in [0.717, 1.165) is 32.9 Å². The molecule has 0 aliphatic carbocycles. The van der Waals surface area contributed by atoms with Crippen LogP contribution < -0.4 is 0 Å². The van der Waals surface area contributed by atoms with Gasteiger partial charge in [-0.3, -0.25) is 4.79 Å². The summed E-state index contributed by atoms with van der Waals surface area (Å²) in [6.07, 6.45) is 2.67. The van der Waals surface area contributed by atoms with Crippen molar-refractivity contribution in [3.63, 3.8) is 0 Å². The van der Waals surface area contributed by atoms with Crippen molar-refractivity contribution >= 4 is 27.6 Å². The van der Waals surface area contributed by atoms with Crippen LogP contribution in [0.25, 0.3) is 21.7 Å². The van der Waals surface area contributed by atoms with E-state index in [1.54, 1.807) is 30.3 Å². The van der Waals surface area contributed by atoms with Crippen molar-refractivity contribution in [3.8, 4) is 0 Å². The van der Waals surface area contributed by atoms with Gasteiger partial charge in [-0.2, -0.15) is 0 Å². The Balaban J connectivity index is 1.50. The first-order chi connectivity index (χ1) is 13.1. The van der Waals surface area contributed by atoms with Gasteiger partial charge in [0.05, 0.1) is 12.7 Å². The summed E-state index contributed by atoms with van der Waals surface area (Å²) in [5.74, 6) is -0.213. The maximum atomic E-state index is 13.0. The summed E-state index contributed by atoms with van der Waals surface area (Å²) in [4.78, 5) is 14.4. The highest BCUT2D eigenvalue weighted by Crippen LogP contribution is 2.30. The van der Waals surface area contributed by atoms with E-state index in [0.29, 0.717) is 19.4 Å². The Labute approximate surface area is 157 Å². The van der Waals surface area contributed by atoms with E-state index in [4.69, 9.17) is 4.42 Å². The lowest BCUT2D eigenvalue weighted by molar-refractivity contribution is -0.129. The molecule has 0 saturated heterocycles. The van der Waals surface area contributed by atoms with Crippen molar-refractivity contribution < 1.29 is 13.6 Å². The van der Waals surface area contributed by atoms with Gasteiger partial charge in [0.25, 0.3) is 0 Å². The zero-order valence-electron chi connectivity index (χ0n) is 15.1. The van der Waals surface area contributed by atoms with Crippen LogP contribution in [-0.4, -0.2) is 24.4 Å². The van der Waals surface area contributed by atoms with E-state index in [9.17, 15) is 9.18 Å². The third-order valence-corrected chi connectivity index (χ3v) is 4.96. The smallest absolute Gasteiger partial charge is 0.226 e. The highest BCUT2D eigenvalue weighted by atomic mass is 19.1. The Bertz CT molecular complexity index is 1100. The van der Waals surface area contributed by atoms with Crippen LogP contribution in [0.15, 0.2) is 71.3 Å². The van der Waals surface area contributed by atoms with E-state index in [1.165, 1.54) is 12.1 Å². The maximum absolute atomic E-state index is 13.0. The second-order valence-corrected chi connectivity index (χ2v) is 6.79. The van der Waals surface area contributed by atoms with Gasteiger partial charge in [-0.1, -0.05) is 42.5 Å². The number of hydrogen-bond acceptors (Lipinski definition) is 2. The molecule has 0 bridgehead atoms. The third kappa shape index (κ3) is 3.56. The molecule has 0 N–H and O–H groups in total. The number of carbonyl (C=O) groups excluding carboxylic acids is 1. The number of furan rings is 1. The van der Waals surface area contributed by atoms with Gasteiger partial charge >= 0.3 is 0 Å². The topological polar surface area (TPSA) is 33.5 Å². The number of benzene rings is 3. The van der Waals surface area contributed by atoms with Crippen molar-refractivity contribution in [3.05, 3.63) is 83.9 Å². The fourth-order valence-corrected chi connectivity index (χ4v) is 3.38. The molecule has 0 unspecified atom stereocenters. The standard InChI is InChI=1S/C23H20FNO2/c1-25(13-12-16-6-9-19(24)10-7-16)22(26)14-18-15-27-21-11-8-17-4-2-3-5-20(17)23(18)21/h2-11,15H,12-14H2,1H3. The van der Waals surface area contributed by atoms with E-state index < -0.39 is 0 Å². The zero-order chi connectivity index (χ0) is 18.8. The first-order valence-corrected chi connectivity index (χ1v) is 8.98. The molecule has 0 radical (unpaired) electrons. The highest BCUT2D eigenvalue weighted by Gasteiger charge is 2.15. The minimum absolute atomic E-state index is 0.0349. The van der Waals surface area contributed by atoms with Crippen LogP contribution >= 0.6 is 0 Å². The summed E-state index contributed by atoms with van der Waals surface area (Å²) < 4.78 is 18.7. The van der Waals surface area contributed by atoms with Gasteiger partial charge in [-0.15, -0.1) is 0 Å².